The lowest BCUT2D eigenvalue weighted by atomic mass is 9.92. The molecule has 7 N–H and O–H groups in total. The molecule has 1 aromatic heterocycles. The number of ether oxygens (including phenoxy) is 1. The lowest BCUT2D eigenvalue weighted by molar-refractivity contribution is -0.148. The van der Waals surface area contributed by atoms with Crippen molar-refractivity contribution in [3.05, 3.63) is 83.2 Å². The Morgan fingerprint density at radius 2 is 1.79 bits per heavy atom. The first-order valence-corrected chi connectivity index (χ1v) is 16.8. The maximum absolute atomic E-state index is 12.2. The number of nitrogens with zero attached hydrogens (tertiary/aromatic N) is 1. The number of carbonyl (C=O) groups excluding carboxylic acids is 1. The van der Waals surface area contributed by atoms with Crippen LogP contribution >= 0.6 is 0 Å². The lowest BCUT2D eigenvalue weighted by Crippen LogP contribution is -2.51. The van der Waals surface area contributed by atoms with Crippen molar-refractivity contribution >= 4 is 5.91 Å². The van der Waals surface area contributed by atoms with Gasteiger partial charge in [0, 0.05) is 36.6 Å². The Morgan fingerprint density at radius 3 is 2.51 bits per heavy atom. The minimum atomic E-state index is -1.92. The number of nitrogens with one attached hydrogen (secondary N) is 2. The van der Waals surface area contributed by atoms with E-state index in [9.17, 15) is 25.2 Å². The molecule has 10 nitrogen and oxygen atoms in total. The molecule has 0 bridgehead atoms. The van der Waals surface area contributed by atoms with Crippen LogP contribution in [0.2, 0.25) is 0 Å². The van der Waals surface area contributed by atoms with E-state index < -0.39 is 36.9 Å². The highest BCUT2D eigenvalue weighted by atomic mass is 16.5. The summed E-state index contributed by atoms with van der Waals surface area (Å²) in [5, 5.41) is 54.4. The Hall–Kier alpha value is -3.38. The van der Waals surface area contributed by atoms with E-state index in [0.717, 1.165) is 56.4 Å². The third kappa shape index (κ3) is 8.76. The first kappa shape index (κ1) is 34.9. The number of aliphatic hydroxyl groups excluding tert-OH is 5. The number of amides is 1. The third-order valence-electron chi connectivity index (χ3n) is 9.53. The number of hydrogen-bond donors (Lipinski definition) is 7. The number of para-hydroxylation sites is 1. The summed E-state index contributed by atoms with van der Waals surface area (Å²) in [5.41, 5.74) is 7.11. The van der Waals surface area contributed by atoms with Gasteiger partial charge in [0.25, 0.3) is 5.91 Å². The molecule has 0 spiro atoms. The summed E-state index contributed by atoms with van der Waals surface area (Å²) in [6.07, 6.45) is 3.60. The minimum Gasteiger partial charge on any atom is -0.490 e. The van der Waals surface area contributed by atoms with E-state index in [1.807, 2.05) is 18.5 Å². The molecule has 2 aliphatic rings. The van der Waals surface area contributed by atoms with Crippen LogP contribution in [0.3, 0.4) is 0 Å². The average Bonchev–Trinajstić information content (AvgIpc) is 4.04. The molecule has 1 unspecified atom stereocenters. The van der Waals surface area contributed by atoms with Gasteiger partial charge in [-0.2, -0.15) is 0 Å². The van der Waals surface area contributed by atoms with E-state index in [2.05, 4.69) is 71.9 Å². The number of aryl methyl sites for hydroxylation is 1. The SMILES string of the molecule is Cc1ccc(C(C)CCCCNC(=O)[C@@H](O)[C@@H](O)[C@H](O)[C@@H](O)CO)cc1CNC1(c2cnccc2-c2ccccc2OC2CC2)CC1. The van der Waals surface area contributed by atoms with Gasteiger partial charge in [0.05, 0.1) is 12.7 Å². The molecule has 3 aromatic rings. The summed E-state index contributed by atoms with van der Waals surface area (Å²) in [6, 6.07) is 17.0. The molecule has 47 heavy (non-hydrogen) atoms. The fourth-order valence-electron chi connectivity index (χ4n) is 6.02. The van der Waals surface area contributed by atoms with E-state index in [-0.39, 0.29) is 5.54 Å². The number of benzene rings is 2. The van der Waals surface area contributed by atoms with Crippen LogP contribution < -0.4 is 15.4 Å². The number of aromatic nitrogens is 1. The van der Waals surface area contributed by atoms with Gasteiger partial charge >= 0.3 is 0 Å². The van der Waals surface area contributed by atoms with E-state index in [1.165, 1.54) is 27.8 Å². The van der Waals surface area contributed by atoms with Gasteiger partial charge in [-0.15, -0.1) is 0 Å². The Labute approximate surface area is 276 Å². The topological polar surface area (TPSA) is 164 Å². The van der Waals surface area contributed by atoms with Crippen LogP contribution in [0.1, 0.15) is 80.0 Å². The summed E-state index contributed by atoms with van der Waals surface area (Å²) in [6.45, 7) is 4.57. The highest BCUT2D eigenvalue weighted by molar-refractivity contribution is 5.81. The zero-order valence-electron chi connectivity index (χ0n) is 27.3. The lowest BCUT2D eigenvalue weighted by Gasteiger charge is -2.25. The predicted octanol–water partition coefficient (Wildman–Crippen LogP) is 3.20. The molecule has 5 atom stereocenters. The van der Waals surface area contributed by atoms with Gasteiger partial charge in [0.2, 0.25) is 0 Å². The summed E-state index contributed by atoms with van der Waals surface area (Å²) in [7, 11) is 0. The summed E-state index contributed by atoms with van der Waals surface area (Å²) in [5.74, 6) is 0.396. The number of rotatable bonds is 18. The largest absolute Gasteiger partial charge is 0.490 e. The van der Waals surface area contributed by atoms with Gasteiger partial charge in [-0.25, -0.2) is 0 Å². The van der Waals surface area contributed by atoms with E-state index >= 15 is 0 Å². The molecule has 2 aliphatic carbocycles. The maximum Gasteiger partial charge on any atom is 0.251 e. The van der Waals surface area contributed by atoms with Gasteiger partial charge in [-0.1, -0.05) is 49.7 Å². The van der Waals surface area contributed by atoms with Gasteiger partial charge < -0.3 is 40.9 Å². The average molecular weight is 648 g/mol. The van der Waals surface area contributed by atoms with Gasteiger partial charge in [-0.05, 0) is 91.3 Å². The van der Waals surface area contributed by atoms with Crippen LogP contribution in [0.5, 0.6) is 5.75 Å². The molecule has 2 aromatic carbocycles. The van der Waals surface area contributed by atoms with Crippen LogP contribution in [0.25, 0.3) is 11.1 Å². The van der Waals surface area contributed by atoms with E-state index in [4.69, 9.17) is 9.84 Å². The third-order valence-corrected chi connectivity index (χ3v) is 9.53. The fraction of sp³-hybridized carbons (Fsp3) is 0.514. The van der Waals surface area contributed by atoms with Crippen LogP contribution in [-0.2, 0) is 16.9 Å². The van der Waals surface area contributed by atoms with E-state index in [0.29, 0.717) is 25.0 Å². The Morgan fingerprint density at radius 1 is 1.02 bits per heavy atom. The molecule has 1 amide bonds. The van der Waals surface area contributed by atoms with Crippen LogP contribution in [0.15, 0.2) is 60.9 Å². The molecular formula is C37H49N3O7. The molecule has 0 aliphatic heterocycles. The zero-order chi connectivity index (χ0) is 33.6. The Bertz CT molecular complexity index is 1490. The summed E-state index contributed by atoms with van der Waals surface area (Å²) >= 11 is 0. The number of aliphatic hydroxyl groups is 5. The molecule has 1 heterocycles. The molecule has 0 saturated heterocycles. The quantitative estimate of drug-likeness (QED) is 0.103. The van der Waals surface area contributed by atoms with Gasteiger partial charge in [-0.3, -0.25) is 9.78 Å². The van der Waals surface area contributed by atoms with Gasteiger partial charge in [0.15, 0.2) is 6.10 Å². The standard InChI is InChI=1S/C37H49N3O7/c1-23(7-5-6-17-39-36(46)35(45)34(44)33(43)31(42)22-41)25-11-10-24(2)26(19-25)20-40-37(15-16-37)30-21-38-18-14-28(30)29-8-3-4-9-32(29)47-27-12-13-27/h3-4,8-11,14,18-19,21,23,27,31,33-35,40-45H,5-7,12-13,15-17,20,22H2,1-2H3,(H,39,46)/t23?,31-,33+,34-,35-/m0/s1. The van der Waals surface area contributed by atoms with Crippen LogP contribution in [-0.4, -0.2) is 80.1 Å². The summed E-state index contributed by atoms with van der Waals surface area (Å²) in [4.78, 5) is 16.7. The first-order valence-electron chi connectivity index (χ1n) is 16.8. The van der Waals surface area contributed by atoms with E-state index in [1.54, 1.807) is 0 Å². The van der Waals surface area contributed by atoms with Crippen molar-refractivity contribution in [3.8, 4) is 16.9 Å². The first-order chi connectivity index (χ1) is 22.6. The smallest absolute Gasteiger partial charge is 0.251 e. The van der Waals surface area contributed by atoms with Crippen molar-refractivity contribution in [3.63, 3.8) is 0 Å². The second-order valence-corrected chi connectivity index (χ2v) is 13.2. The molecule has 10 heteroatoms. The normalized spacial score (nSPS) is 18.5. The van der Waals surface area contributed by atoms with Crippen molar-refractivity contribution in [1.82, 2.24) is 15.6 Å². The maximum atomic E-state index is 12.2. The molecule has 5 rings (SSSR count). The van der Waals surface area contributed by atoms with Crippen LogP contribution in [0.4, 0.5) is 0 Å². The molecule has 0 radical (unpaired) electrons. The number of carbonyl (C=O) groups is 1. The second-order valence-electron chi connectivity index (χ2n) is 13.2. The zero-order valence-corrected chi connectivity index (χ0v) is 27.3. The van der Waals surface area contributed by atoms with Crippen molar-refractivity contribution in [1.29, 1.82) is 0 Å². The van der Waals surface area contributed by atoms with Crippen molar-refractivity contribution < 1.29 is 35.1 Å². The number of hydrogen-bond acceptors (Lipinski definition) is 9. The van der Waals surface area contributed by atoms with Crippen LogP contribution in [0, 0.1) is 6.92 Å². The minimum absolute atomic E-state index is 0.130. The second kappa shape index (κ2) is 15.7. The fourth-order valence-corrected chi connectivity index (χ4v) is 6.02. The summed E-state index contributed by atoms with van der Waals surface area (Å²) < 4.78 is 6.27. The highest BCUT2D eigenvalue weighted by Gasteiger charge is 2.46. The molecule has 2 saturated carbocycles. The molecular weight excluding hydrogens is 598 g/mol. The Kier molecular flexibility index (Phi) is 11.7. The number of pyridine rings is 1. The monoisotopic (exact) mass is 647 g/mol. The van der Waals surface area contributed by atoms with Crippen molar-refractivity contribution in [2.24, 2.45) is 0 Å². The van der Waals surface area contributed by atoms with Gasteiger partial charge in [0.1, 0.15) is 24.1 Å². The predicted molar refractivity (Wildman–Crippen MR) is 179 cm³/mol. The highest BCUT2D eigenvalue weighted by Crippen LogP contribution is 2.50. The van der Waals surface area contributed by atoms with Crippen molar-refractivity contribution in [2.45, 2.75) is 107 Å². The molecule has 2 fully saturated rings. The Balaban J connectivity index is 1.14. The van der Waals surface area contributed by atoms with Crippen molar-refractivity contribution in [2.75, 3.05) is 13.2 Å². The molecule has 254 valence electrons. The number of unbranched alkanes of at least 4 members (excludes halogenated alkanes) is 1.